The minimum atomic E-state index is -0.403. The Morgan fingerprint density at radius 3 is 3.11 bits per heavy atom. The van der Waals surface area contributed by atoms with Crippen molar-refractivity contribution in [2.24, 2.45) is 0 Å². The van der Waals surface area contributed by atoms with Crippen molar-refractivity contribution in [1.82, 2.24) is 15.3 Å². The Hall–Kier alpha value is -1.69. The van der Waals surface area contributed by atoms with Crippen LogP contribution in [0.2, 0.25) is 0 Å². The summed E-state index contributed by atoms with van der Waals surface area (Å²) in [4.78, 5) is 17.9. The van der Waals surface area contributed by atoms with Crippen molar-refractivity contribution in [2.45, 2.75) is 25.8 Å². The van der Waals surface area contributed by atoms with E-state index in [1.165, 1.54) is 12.1 Å². The first kappa shape index (κ1) is 12.8. The molecule has 5 nitrogen and oxygen atoms in total. The summed E-state index contributed by atoms with van der Waals surface area (Å²) < 4.78 is 12.6. The molecule has 6 heteroatoms. The number of likely N-dealkylation sites (tertiary alicyclic amines) is 1. The summed E-state index contributed by atoms with van der Waals surface area (Å²) in [6.07, 6.45) is 3.02. The molecule has 1 saturated heterocycles. The molecule has 1 aromatic rings. The van der Waals surface area contributed by atoms with Crippen LogP contribution in [-0.4, -0.2) is 34.9 Å². The normalized spacial score (nSPS) is 19.8. The number of rotatable bonds is 4. The van der Waals surface area contributed by atoms with Gasteiger partial charge in [0.25, 0.3) is 5.91 Å². The zero-order valence-corrected chi connectivity index (χ0v) is 10.3. The zero-order valence-electron chi connectivity index (χ0n) is 10.3. The molecular weight excluding hydrogens is 235 g/mol. The molecule has 1 aromatic heterocycles. The Bertz CT molecular complexity index is 409. The molecule has 1 fully saturated rings. The molecule has 1 unspecified atom stereocenters. The molecule has 0 aliphatic carbocycles. The van der Waals surface area contributed by atoms with Crippen LogP contribution in [0.5, 0.6) is 0 Å². The summed E-state index contributed by atoms with van der Waals surface area (Å²) in [7, 11) is 0. The molecule has 1 aliphatic heterocycles. The average Bonchev–Trinajstić information content (AvgIpc) is 2.86. The zero-order chi connectivity index (χ0) is 13.0. The van der Waals surface area contributed by atoms with E-state index in [1.54, 1.807) is 0 Å². The number of hydrazine groups is 1. The van der Waals surface area contributed by atoms with Gasteiger partial charge in [0, 0.05) is 0 Å². The van der Waals surface area contributed by atoms with E-state index in [-0.39, 0.29) is 11.9 Å². The van der Waals surface area contributed by atoms with Gasteiger partial charge in [0.15, 0.2) is 0 Å². The second-order valence-electron chi connectivity index (χ2n) is 4.26. The first-order valence-corrected chi connectivity index (χ1v) is 6.12. The van der Waals surface area contributed by atoms with Gasteiger partial charge in [-0.25, -0.2) is 9.37 Å². The third-order valence-electron chi connectivity index (χ3n) is 3.11. The van der Waals surface area contributed by atoms with Gasteiger partial charge < -0.3 is 0 Å². The summed E-state index contributed by atoms with van der Waals surface area (Å²) in [5, 5.41) is 0. The quantitative estimate of drug-likeness (QED) is 0.789. The minimum Gasteiger partial charge on any atom is -0.292 e. The van der Waals surface area contributed by atoms with Gasteiger partial charge in [-0.1, -0.05) is 6.92 Å². The van der Waals surface area contributed by atoms with Crippen LogP contribution in [0.4, 0.5) is 10.2 Å². The van der Waals surface area contributed by atoms with Crippen molar-refractivity contribution in [2.75, 3.05) is 18.5 Å². The molecule has 98 valence electrons. The van der Waals surface area contributed by atoms with E-state index in [0.717, 1.165) is 32.1 Å². The molecular formula is C12H17FN4O. The molecule has 0 aromatic carbocycles. The summed E-state index contributed by atoms with van der Waals surface area (Å²) in [5.74, 6) is -0.0499. The van der Waals surface area contributed by atoms with Crippen molar-refractivity contribution in [3.05, 3.63) is 24.1 Å². The molecule has 18 heavy (non-hydrogen) atoms. The third kappa shape index (κ3) is 2.95. The molecule has 0 radical (unpaired) electrons. The molecule has 0 spiro atoms. The number of hydrogen-bond donors (Lipinski definition) is 2. The SMILES string of the molecule is CCN1CCCC1C(=O)NNc1ccc(F)cn1. The standard InChI is InChI=1S/C12H17FN4O/c1-2-17-7-3-4-10(17)12(18)16-15-11-6-5-9(13)8-14-11/h5-6,8,10H,2-4,7H2,1H3,(H,14,15)(H,16,18). The Balaban J connectivity index is 1.86. The smallest absolute Gasteiger partial charge is 0.255 e. The third-order valence-corrected chi connectivity index (χ3v) is 3.11. The molecule has 0 saturated carbocycles. The molecule has 2 N–H and O–H groups in total. The highest BCUT2D eigenvalue weighted by Crippen LogP contribution is 2.16. The maximum atomic E-state index is 12.6. The van der Waals surface area contributed by atoms with E-state index < -0.39 is 5.82 Å². The predicted molar refractivity (Wildman–Crippen MR) is 66.2 cm³/mol. The van der Waals surface area contributed by atoms with Crippen LogP contribution >= 0.6 is 0 Å². The van der Waals surface area contributed by atoms with Crippen LogP contribution in [-0.2, 0) is 4.79 Å². The monoisotopic (exact) mass is 252 g/mol. The maximum absolute atomic E-state index is 12.6. The lowest BCUT2D eigenvalue weighted by molar-refractivity contribution is -0.124. The number of pyridine rings is 1. The van der Waals surface area contributed by atoms with E-state index in [2.05, 4.69) is 20.7 Å². The van der Waals surface area contributed by atoms with Crippen molar-refractivity contribution in [3.8, 4) is 0 Å². The Morgan fingerprint density at radius 1 is 1.61 bits per heavy atom. The van der Waals surface area contributed by atoms with Crippen molar-refractivity contribution < 1.29 is 9.18 Å². The lowest BCUT2D eigenvalue weighted by Crippen LogP contribution is -2.45. The molecule has 2 rings (SSSR count). The van der Waals surface area contributed by atoms with Gasteiger partial charge in [-0.2, -0.15) is 0 Å². The van der Waals surface area contributed by atoms with Gasteiger partial charge in [-0.3, -0.25) is 20.5 Å². The molecule has 1 amide bonds. The molecule has 2 heterocycles. The Morgan fingerprint density at radius 2 is 2.44 bits per heavy atom. The highest BCUT2D eigenvalue weighted by atomic mass is 19.1. The first-order chi connectivity index (χ1) is 8.70. The summed E-state index contributed by atoms with van der Waals surface area (Å²) in [6.45, 7) is 3.87. The highest BCUT2D eigenvalue weighted by molar-refractivity contribution is 5.83. The lowest BCUT2D eigenvalue weighted by Gasteiger charge is -2.21. The van der Waals surface area contributed by atoms with Gasteiger partial charge in [-0.05, 0) is 38.1 Å². The van der Waals surface area contributed by atoms with Gasteiger partial charge in [-0.15, -0.1) is 0 Å². The van der Waals surface area contributed by atoms with Gasteiger partial charge >= 0.3 is 0 Å². The summed E-state index contributed by atoms with van der Waals surface area (Å²) in [5.41, 5.74) is 5.30. The first-order valence-electron chi connectivity index (χ1n) is 6.12. The molecule has 0 bridgehead atoms. The molecule has 1 atom stereocenters. The average molecular weight is 252 g/mol. The van der Waals surface area contributed by atoms with Crippen LogP contribution in [0.3, 0.4) is 0 Å². The lowest BCUT2D eigenvalue weighted by atomic mass is 10.2. The molecule has 1 aliphatic rings. The van der Waals surface area contributed by atoms with E-state index in [1.807, 2.05) is 6.92 Å². The number of aromatic nitrogens is 1. The Kier molecular flexibility index (Phi) is 4.09. The van der Waals surface area contributed by atoms with Crippen molar-refractivity contribution >= 4 is 11.7 Å². The van der Waals surface area contributed by atoms with Gasteiger partial charge in [0.05, 0.1) is 12.2 Å². The van der Waals surface area contributed by atoms with Crippen LogP contribution in [0.1, 0.15) is 19.8 Å². The Labute approximate surface area is 105 Å². The van der Waals surface area contributed by atoms with Crippen LogP contribution in [0.25, 0.3) is 0 Å². The largest absolute Gasteiger partial charge is 0.292 e. The topological polar surface area (TPSA) is 57.3 Å². The predicted octanol–water partition coefficient (Wildman–Crippen LogP) is 1.15. The van der Waals surface area contributed by atoms with Crippen molar-refractivity contribution in [1.29, 1.82) is 0 Å². The second kappa shape index (κ2) is 5.77. The fourth-order valence-corrected chi connectivity index (χ4v) is 2.16. The van der Waals surface area contributed by atoms with E-state index >= 15 is 0 Å². The fraction of sp³-hybridized carbons (Fsp3) is 0.500. The second-order valence-corrected chi connectivity index (χ2v) is 4.26. The number of nitrogens with zero attached hydrogens (tertiary/aromatic N) is 2. The number of likely N-dealkylation sites (N-methyl/N-ethyl adjacent to an activating group) is 1. The number of carbonyl (C=O) groups excluding carboxylic acids is 1. The van der Waals surface area contributed by atoms with E-state index in [0.29, 0.717) is 5.82 Å². The number of halogens is 1. The number of anilines is 1. The maximum Gasteiger partial charge on any atom is 0.255 e. The van der Waals surface area contributed by atoms with Crippen LogP contribution in [0.15, 0.2) is 18.3 Å². The number of hydrogen-bond acceptors (Lipinski definition) is 4. The number of carbonyl (C=O) groups is 1. The number of nitrogens with one attached hydrogen (secondary N) is 2. The van der Waals surface area contributed by atoms with Gasteiger partial charge in [0.2, 0.25) is 0 Å². The summed E-state index contributed by atoms with van der Waals surface area (Å²) in [6, 6.07) is 2.68. The van der Waals surface area contributed by atoms with Crippen molar-refractivity contribution in [3.63, 3.8) is 0 Å². The highest BCUT2D eigenvalue weighted by Gasteiger charge is 2.29. The fourth-order valence-electron chi connectivity index (χ4n) is 2.16. The van der Waals surface area contributed by atoms with E-state index in [4.69, 9.17) is 0 Å². The van der Waals surface area contributed by atoms with Crippen LogP contribution in [0, 0.1) is 5.82 Å². The summed E-state index contributed by atoms with van der Waals surface area (Å²) >= 11 is 0. The van der Waals surface area contributed by atoms with Crippen LogP contribution < -0.4 is 10.9 Å². The van der Waals surface area contributed by atoms with E-state index in [9.17, 15) is 9.18 Å². The number of amides is 1. The van der Waals surface area contributed by atoms with Gasteiger partial charge in [0.1, 0.15) is 11.6 Å². The minimum absolute atomic E-state index is 0.0690.